The maximum absolute atomic E-state index is 18.0. The Morgan fingerprint density at radius 1 is 0.229 bits per heavy atom. The van der Waals surface area contributed by atoms with Crippen LogP contribution in [-0.4, -0.2) is 20.1 Å². The minimum Gasteiger partial charge on any atom is -0.458 e. The molecule has 0 radical (unpaired) electrons. The van der Waals surface area contributed by atoms with E-state index >= 15 is 43.9 Å². The van der Waals surface area contributed by atoms with Crippen molar-refractivity contribution in [3.8, 4) is 46.0 Å². The lowest BCUT2D eigenvalue weighted by atomic mass is 9.30. The van der Waals surface area contributed by atoms with Gasteiger partial charge in [-0.1, -0.05) is 133 Å². The van der Waals surface area contributed by atoms with Gasteiger partial charge in [-0.15, -0.1) is 22.7 Å². The summed E-state index contributed by atoms with van der Waals surface area (Å²) < 4.78 is 207. The Labute approximate surface area is 674 Å². The number of ether oxygens (including phenoxy) is 4. The van der Waals surface area contributed by atoms with Crippen molar-refractivity contribution in [2.45, 2.75) is 0 Å². The van der Waals surface area contributed by atoms with Gasteiger partial charge in [-0.3, -0.25) is 0 Å². The van der Waals surface area contributed by atoms with Crippen LogP contribution in [0.1, 0.15) is 0 Å². The van der Waals surface area contributed by atoms with Crippen molar-refractivity contribution in [3.63, 3.8) is 0 Å². The SMILES string of the molecule is Fc1cccc(F)c1N1c2cc3c(cc2B2c4cc5c(cc4Oc4cc(Oc6ccccc6)cc1c42)N(c1c(F)cccc1F)c1cc(Oc2ccccc2)cc2c1B5c1sc4ccccc4c1N2c1c(F)cccc1F)B1c2sc4ccccc4c2N(c2c(F)cccc2F)c2cc(Oc4ccccc4)cc(c21)N3c1c(F)cccc1F. The van der Waals surface area contributed by atoms with E-state index in [1.807, 2.05) is 60.7 Å². The molecule has 0 spiro atoms. The van der Waals surface area contributed by atoms with Gasteiger partial charge in [-0.2, -0.15) is 0 Å². The number of thiophene rings is 2. The van der Waals surface area contributed by atoms with E-state index in [0.29, 0.717) is 96.6 Å². The molecule has 6 aliphatic heterocycles. The second-order valence-electron chi connectivity index (χ2n) is 29.3. The van der Waals surface area contributed by atoms with Crippen molar-refractivity contribution in [3.05, 3.63) is 349 Å². The summed E-state index contributed by atoms with van der Waals surface area (Å²) in [6, 6.07) is 75.5. The van der Waals surface area contributed by atoms with Gasteiger partial charge in [0.15, 0.2) is 0 Å². The van der Waals surface area contributed by atoms with Gasteiger partial charge in [-0.25, -0.2) is 43.9 Å². The Morgan fingerprint density at radius 2 is 0.525 bits per heavy atom. The van der Waals surface area contributed by atoms with E-state index in [0.717, 1.165) is 60.7 Å². The third-order valence-electron chi connectivity index (χ3n) is 22.8. The number of rotatable bonds is 11. The predicted octanol–water partition coefficient (Wildman–Crippen LogP) is 21.5. The first-order chi connectivity index (χ1) is 57.7. The first kappa shape index (κ1) is 69.4. The van der Waals surface area contributed by atoms with Crippen LogP contribution in [0.3, 0.4) is 0 Å². The molecule has 564 valence electrons. The van der Waals surface area contributed by atoms with Gasteiger partial charge in [-0.05, 0) is 154 Å². The van der Waals surface area contributed by atoms with Gasteiger partial charge in [0.05, 0.1) is 11.4 Å². The van der Waals surface area contributed by atoms with Gasteiger partial charge in [0.25, 0.3) is 20.1 Å². The molecule has 2 aromatic heterocycles. The minimum atomic E-state index is -1.15. The van der Waals surface area contributed by atoms with Gasteiger partial charge in [0.1, 0.15) is 133 Å². The number of fused-ring (bicyclic) bond motifs is 16. The van der Waals surface area contributed by atoms with E-state index in [1.54, 1.807) is 140 Å². The summed E-state index contributed by atoms with van der Waals surface area (Å²) in [7, 11) is 0. The zero-order valence-corrected chi connectivity index (χ0v) is 62.5. The smallest absolute Gasteiger partial charge is 0.264 e. The molecular weight excluding hydrogens is 1550 g/mol. The second kappa shape index (κ2) is 26.2. The highest BCUT2D eigenvalue weighted by molar-refractivity contribution is 7.34. The van der Waals surface area contributed by atoms with E-state index in [4.69, 9.17) is 18.9 Å². The molecule has 0 saturated carbocycles. The molecule has 9 nitrogen and oxygen atoms in total. The highest BCUT2D eigenvalue weighted by Gasteiger charge is 2.54. The highest BCUT2D eigenvalue weighted by atomic mass is 32.1. The number of nitrogens with zero attached hydrogens (tertiary/aromatic N) is 5. The van der Waals surface area contributed by atoms with Crippen molar-refractivity contribution in [2.24, 2.45) is 0 Å². The third kappa shape index (κ3) is 10.3. The van der Waals surface area contributed by atoms with Gasteiger partial charge >= 0.3 is 0 Å². The van der Waals surface area contributed by atoms with Crippen LogP contribution in [0.5, 0.6) is 46.0 Å². The highest BCUT2D eigenvalue weighted by Crippen LogP contribution is 2.57. The molecule has 118 heavy (non-hydrogen) atoms. The minimum absolute atomic E-state index is 0.0683. The molecule has 0 atom stereocenters. The van der Waals surface area contributed by atoms with Crippen LogP contribution in [0.4, 0.5) is 129 Å². The fourth-order valence-electron chi connectivity index (χ4n) is 18.3. The molecule has 24 heteroatoms. The molecule has 0 bridgehead atoms. The normalized spacial score (nSPS) is 13.4. The van der Waals surface area contributed by atoms with Crippen LogP contribution in [0.15, 0.2) is 291 Å². The fraction of sp³-hybridized carbons (Fsp3) is 0. The summed E-state index contributed by atoms with van der Waals surface area (Å²) in [4.78, 5) is 7.23. The Hall–Kier alpha value is -14.1. The average molecular weight is 1600 g/mol. The zero-order chi connectivity index (χ0) is 79.4. The Kier molecular flexibility index (Phi) is 15.4. The summed E-state index contributed by atoms with van der Waals surface area (Å²) >= 11 is 2.70. The summed E-state index contributed by atoms with van der Waals surface area (Å²) in [6.45, 7) is -3.16. The van der Waals surface area contributed by atoms with Crippen LogP contribution in [-0.2, 0) is 0 Å². The average Bonchev–Trinajstić information content (AvgIpc) is 1.12. The standard InChI is InChI=1S/C94H48B3F10N5O4S2/c98-61-27-14-28-62(99)88(61)108-72-47-71-57(45-58(72)96-83-74(108)39-52(113-49-19-4-1-5-20-49)41-76(83)111(91-67(104)33-17-34-68(91)105)86-55-25-10-12-37-81(55)117-93(86)96)95-60-46-59-73(48-79(60)116-80-44-54(115-51-23-8-3-9-24-51)43-78(85(80)95)109(71)89-63(100)29-15-30-64(89)101)110(90-65(102)31-16-32-66(90)103)75-40-53(114-50-21-6-2-7-22-50)42-77-84(75)97(59)94-87(56-26-11-13-38-82(56)118-94)112(77)92-69(106)35-18-36-70(92)107/h1-48H. The molecule has 6 aliphatic rings. The van der Waals surface area contributed by atoms with E-state index in [9.17, 15) is 0 Å². The molecule has 8 heterocycles. The van der Waals surface area contributed by atoms with Gasteiger partial charge in [0, 0.05) is 118 Å². The molecular formula is C94H48B3F10N5O4S2. The van der Waals surface area contributed by atoms with Crippen LogP contribution < -0.4 is 91.2 Å². The first-order valence-electron chi connectivity index (χ1n) is 37.7. The Morgan fingerprint density at radius 3 is 0.898 bits per heavy atom. The summed E-state index contributed by atoms with van der Waals surface area (Å²) in [5, 5.41) is 1.20. The van der Waals surface area contributed by atoms with Crippen LogP contribution in [0, 0.1) is 58.2 Å². The van der Waals surface area contributed by atoms with Crippen LogP contribution >= 0.6 is 22.7 Å². The zero-order valence-electron chi connectivity index (χ0n) is 60.9. The third-order valence-corrected chi connectivity index (χ3v) is 25.3. The van der Waals surface area contributed by atoms with Gasteiger partial charge in [0.2, 0.25) is 0 Å². The quantitative estimate of drug-likeness (QED) is 0.0931. The maximum atomic E-state index is 18.0. The van der Waals surface area contributed by atoms with Crippen molar-refractivity contribution in [1.82, 2.24) is 0 Å². The Balaban J connectivity index is 0.857. The largest absolute Gasteiger partial charge is 0.458 e. The first-order valence-corrected chi connectivity index (χ1v) is 39.3. The predicted molar refractivity (Wildman–Crippen MR) is 450 cm³/mol. The topological polar surface area (TPSA) is 53.1 Å². The molecule has 0 amide bonds. The number of halogens is 10. The van der Waals surface area contributed by atoms with Gasteiger partial charge < -0.3 is 43.4 Å². The molecule has 0 aliphatic carbocycles. The fourth-order valence-corrected chi connectivity index (χ4v) is 20.9. The number of para-hydroxylation sites is 8. The number of anilines is 15. The van der Waals surface area contributed by atoms with Crippen molar-refractivity contribution in [1.29, 1.82) is 0 Å². The monoisotopic (exact) mass is 1600 g/mol. The van der Waals surface area contributed by atoms with Crippen molar-refractivity contribution < 1.29 is 62.9 Å². The van der Waals surface area contributed by atoms with E-state index in [-0.39, 0.29) is 74.2 Å². The molecule has 17 aromatic rings. The Bertz CT molecular complexity index is 7110. The van der Waals surface area contributed by atoms with Crippen LogP contribution in [0.2, 0.25) is 0 Å². The molecule has 23 rings (SSSR count). The second-order valence-corrected chi connectivity index (χ2v) is 31.5. The lowest BCUT2D eigenvalue weighted by Gasteiger charge is -2.46. The lowest BCUT2D eigenvalue weighted by Crippen LogP contribution is -2.65. The van der Waals surface area contributed by atoms with Crippen molar-refractivity contribution >= 4 is 196 Å². The van der Waals surface area contributed by atoms with E-state index in [1.165, 1.54) is 77.5 Å². The van der Waals surface area contributed by atoms with Crippen molar-refractivity contribution in [2.75, 3.05) is 24.5 Å². The molecule has 0 fully saturated rings. The number of benzene rings is 15. The number of hydrogen-bond acceptors (Lipinski definition) is 11. The summed E-state index contributed by atoms with van der Waals surface area (Å²) in [5.74, 6) is -8.28. The molecule has 15 aromatic carbocycles. The van der Waals surface area contributed by atoms with E-state index in [2.05, 4.69) is 0 Å². The molecule has 0 N–H and O–H groups in total. The summed E-state index contributed by atoms with van der Waals surface area (Å²) in [5.41, 5.74) is 1.66. The van der Waals surface area contributed by atoms with E-state index < -0.39 is 107 Å². The molecule has 0 unspecified atom stereocenters. The lowest BCUT2D eigenvalue weighted by molar-refractivity contribution is 0.463. The molecule has 0 saturated heterocycles. The van der Waals surface area contributed by atoms with Crippen LogP contribution in [0.25, 0.3) is 20.2 Å². The summed E-state index contributed by atoms with van der Waals surface area (Å²) in [6.07, 6.45) is 0. The number of hydrogen-bond donors (Lipinski definition) is 0. The maximum Gasteiger partial charge on any atom is 0.264 e.